The molecule has 0 saturated carbocycles. The maximum Gasteiger partial charge on any atom is 0.259 e. The molecule has 0 aliphatic heterocycles. The van der Waals surface area contributed by atoms with Crippen LogP contribution in [-0.4, -0.2) is 17.5 Å². The molecule has 1 aromatic heterocycles. The highest BCUT2D eigenvalue weighted by Crippen LogP contribution is 2.20. The molecular weight excluding hydrogens is 322 g/mol. The van der Waals surface area contributed by atoms with Crippen molar-refractivity contribution in [2.75, 3.05) is 17.7 Å². The summed E-state index contributed by atoms with van der Waals surface area (Å²) in [6.45, 7) is 2.47. The van der Waals surface area contributed by atoms with Crippen LogP contribution >= 0.6 is 15.9 Å². The van der Waals surface area contributed by atoms with Crippen molar-refractivity contribution >= 4 is 33.3 Å². The molecule has 0 fully saturated rings. The Hall–Kier alpha value is -2.08. The van der Waals surface area contributed by atoms with Crippen molar-refractivity contribution in [2.45, 2.75) is 6.92 Å². The van der Waals surface area contributed by atoms with Crippen LogP contribution in [0.15, 0.2) is 41.0 Å². The number of anilines is 2. The highest BCUT2D eigenvalue weighted by Gasteiger charge is 2.12. The first-order valence-electron chi connectivity index (χ1n) is 6.05. The van der Waals surface area contributed by atoms with Crippen molar-refractivity contribution < 1.29 is 9.53 Å². The summed E-state index contributed by atoms with van der Waals surface area (Å²) in [6, 6.07) is 8.80. The summed E-state index contributed by atoms with van der Waals surface area (Å²) in [4.78, 5) is 16.1. The van der Waals surface area contributed by atoms with Crippen LogP contribution in [0.4, 0.5) is 11.5 Å². The van der Waals surface area contributed by atoms with E-state index in [2.05, 4.69) is 26.2 Å². The van der Waals surface area contributed by atoms with E-state index in [1.807, 2.05) is 19.1 Å². The minimum atomic E-state index is -0.315. The summed E-state index contributed by atoms with van der Waals surface area (Å²) in [7, 11) is 0. The predicted octanol–water partition coefficient (Wildman–Crippen LogP) is 3.08. The normalized spacial score (nSPS) is 10.1. The highest BCUT2D eigenvalue weighted by atomic mass is 79.9. The molecule has 2 rings (SSSR count). The van der Waals surface area contributed by atoms with E-state index in [0.29, 0.717) is 28.1 Å². The molecule has 0 atom stereocenters. The molecule has 0 aliphatic carbocycles. The number of nitrogens with one attached hydrogen (secondary N) is 1. The summed E-state index contributed by atoms with van der Waals surface area (Å²) in [5.41, 5.74) is 6.66. The fourth-order valence-electron chi connectivity index (χ4n) is 1.66. The van der Waals surface area contributed by atoms with Crippen molar-refractivity contribution in [2.24, 2.45) is 0 Å². The Balaban J connectivity index is 2.19. The first-order chi connectivity index (χ1) is 9.60. The number of ether oxygens (including phenoxy) is 1. The Morgan fingerprint density at radius 3 is 3.00 bits per heavy atom. The van der Waals surface area contributed by atoms with Crippen molar-refractivity contribution in [1.29, 1.82) is 0 Å². The van der Waals surface area contributed by atoms with E-state index in [1.54, 1.807) is 24.4 Å². The van der Waals surface area contributed by atoms with Crippen molar-refractivity contribution in [3.8, 4) is 5.75 Å². The number of hydrogen-bond donors (Lipinski definition) is 2. The van der Waals surface area contributed by atoms with Gasteiger partial charge >= 0.3 is 0 Å². The Bertz CT molecular complexity index is 632. The number of pyridine rings is 1. The van der Waals surface area contributed by atoms with Gasteiger partial charge in [-0.2, -0.15) is 0 Å². The average Bonchev–Trinajstić information content (AvgIpc) is 2.42. The number of halogens is 1. The van der Waals surface area contributed by atoms with E-state index in [0.717, 1.165) is 0 Å². The van der Waals surface area contributed by atoms with Gasteiger partial charge in [-0.25, -0.2) is 4.98 Å². The Morgan fingerprint density at radius 1 is 1.45 bits per heavy atom. The van der Waals surface area contributed by atoms with Gasteiger partial charge in [0.15, 0.2) is 0 Å². The van der Waals surface area contributed by atoms with E-state index in [-0.39, 0.29) is 11.7 Å². The number of nitrogens with zero attached hydrogens (tertiary/aromatic N) is 1. The third-order valence-corrected chi connectivity index (χ3v) is 2.97. The Labute approximate surface area is 125 Å². The lowest BCUT2D eigenvalue weighted by Crippen LogP contribution is -2.15. The third kappa shape index (κ3) is 3.48. The predicted molar refractivity (Wildman–Crippen MR) is 81.9 cm³/mol. The lowest BCUT2D eigenvalue weighted by molar-refractivity contribution is 0.102. The maximum absolute atomic E-state index is 12.2. The second-order valence-corrected chi connectivity index (χ2v) is 4.92. The smallest absolute Gasteiger partial charge is 0.259 e. The molecule has 3 N–H and O–H groups in total. The largest absolute Gasteiger partial charge is 0.494 e. The Kier molecular flexibility index (Phi) is 4.57. The van der Waals surface area contributed by atoms with E-state index >= 15 is 0 Å². The molecule has 0 spiro atoms. The van der Waals surface area contributed by atoms with Crippen LogP contribution in [0.3, 0.4) is 0 Å². The number of aromatic nitrogens is 1. The molecule has 0 aliphatic rings. The zero-order valence-electron chi connectivity index (χ0n) is 10.9. The second kappa shape index (κ2) is 6.38. The zero-order valence-corrected chi connectivity index (χ0v) is 12.5. The lowest BCUT2D eigenvalue weighted by atomic mass is 10.2. The fraction of sp³-hybridized carbons (Fsp3) is 0.143. The van der Waals surface area contributed by atoms with Crippen LogP contribution in [0.1, 0.15) is 17.3 Å². The van der Waals surface area contributed by atoms with Gasteiger partial charge in [-0.1, -0.05) is 6.07 Å². The van der Waals surface area contributed by atoms with Gasteiger partial charge in [0.2, 0.25) is 0 Å². The third-order valence-electron chi connectivity index (χ3n) is 2.53. The van der Waals surface area contributed by atoms with Crippen LogP contribution in [0.2, 0.25) is 0 Å². The van der Waals surface area contributed by atoms with Gasteiger partial charge in [0, 0.05) is 22.4 Å². The molecule has 2 aromatic rings. The monoisotopic (exact) mass is 335 g/mol. The molecule has 5 nitrogen and oxygen atoms in total. The van der Waals surface area contributed by atoms with Crippen LogP contribution in [0, 0.1) is 0 Å². The zero-order chi connectivity index (χ0) is 14.5. The molecular formula is C14H14BrN3O2. The quantitative estimate of drug-likeness (QED) is 0.900. The van der Waals surface area contributed by atoms with Gasteiger partial charge in [-0.05, 0) is 41.1 Å². The van der Waals surface area contributed by atoms with Gasteiger partial charge < -0.3 is 15.8 Å². The average molecular weight is 336 g/mol. The number of benzene rings is 1. The fourth-order valence-corrected chi connectivity index (χ4v) is 1.99. The SMILES string of the molecule is CCOc1cccc(NC(=O)c2cc(Br)cnc2N)c1. The number of rotatable bonds is 4. The van der Waals surface area contributed by atoms with Crippen LogP contribution in [-0.2, 0) is 0 Å². The second-order valence-electron chi connectivity index (χ2n) is 4.00. The molecule has 104 valence electrons. The summed E-state index contributed by atoms with van der Waals surface area (Å²) in [6.07, 6.45) is 1.54. The number of carbonyl (C=O) groups is 1. The molecule has 0 unspecified atom stereocenters. The number of nitrogens with two attached hydrogens (primary N) is 1. The number of hydrogen-bond acceptors (Lipinski definition) is 4. The number of nitrogen functional groups attached to an aromatic ring is 1. The maximum atomic E-state index is 12.2. The number of amides is 1. The van der Waals surface area contributed by atoms with Crippen molar-refractivity contribution in [3.63, 3.8) is 0 Å². The first kappa shape index (κ1) is 14.3. The van der Waals surface area contributed by atoms with Gasteiger partial charge in [-0.15, -0.1) is 0 Å². The molecule has 6 heteroatoms. The van der Waals surface area contributed by atoms with E-state index in [9.17, 15) is 4.79 Å². The highest BCUT2D eigenvalue weighted by molar-refractivity contribution is 9.10. The molecule has 1 heterocycles. The summed E-state index contributed by atoms with van der Waals surface area (Å²) >= 11 is 3.26. The van der Waals surface area contributed by atoms with Crippen LogP contribution < -0.4 is 15.8 Å². The molecule has 1 aromatic carbocycles. The van der Waals surface area contributed by atoms with Gasteiger partial charge in [0.05, 0.1) is 12.2 Å². The Morgan fingerprint density at radius 2 is 2.25 bits per heavy atom. The molecule has 1 amide bonds. The van der Waals surface area contributed by atoms with Gasteiger partial charge in [0.25, 0.3) is 5.91 Å². The summed E-state index contributed by atoms with van der Waals surface area (Å²) in [5, 5.41) is 2.77. The van der Waals surface area contributed by atoms with E-state index < -0.39 is 0 Å². The number of carbonyl (C=O) groups excluding carboxylic acids is 1. The lowest BCUT2D eigenvalue weighted by Gasteiger charge is -2.09. The van der Waals surface area contributed by atoms with E-state index in [1.165, 1.54) is 0 Å². The molecule has 0 radical (unpaired) electrons. The summed E-state index contributed by atoms with van der Waals surface area (Å²) < 4.78 is 6.08. The van der Waals surface area contributed by atoms with Crippen molar-refractivity contribution in [3.05, 3.63) is 46.6 Å². The van der Waals surface area contributed by atoms with Gasteiger partial charge in [0.1, 0.15) is 11.6 Å². The minimum absolute atomic E-state index is 0.187. The summed E-state index contributed by atoms with van der Waals surface area (Å²) in [5.74, 6) is 0.572. The molecule has 0 saturated heterocycles. The molecule has 0 bridgehead atoms. The standard InChI is InChI=1S/C14H14BrN3O2/c1-2-20-11-5-3-4-10(7-11)18-14(19)12-6-9(15)8-17-13(12)16/h3-8H,2H2,1H3,(H2,16,17)(H,18,19). The van der Waals surface area contributed by atoms with Crippen LogP contribution in [0.5, 0.6) is 5.75 Å². The molecule has 20 heavy (non-hydrogen) atoms. The first-order valence-corrected chi connectivity index (χ1v) is 6.84. The van der Waals surface area contributed by atoms with Crippen molar-refractivity contribution in [1.82, 2.24) is 4.98 Å². The van der Waals surface area contributed by atoms with Gasteiger partial charge in [-0.3, -0.25) is 4.79 Å². The van der Waals surface area contributed by atoms with E-state index in [4.69, 9.17) is 10.5 Å². The minimum Gasteiger partial charge on any atom is -0.494 e. The van der Waals surface area contributed by atoms with Crippen LogP contribution in [0.25, 0.3) is 0 Å². The topological polar surface area (TPSA) is 77.2 Å².